The van der Waals surface area contributed by atoms with Crippen molar-refractivity contribution in [3.8, 4) is 12.3 Å². The first-order valence-electron chi connectivity index (χ1n) is 6.32. The van der Waals surface area contributed by atoms with Crippen LogP contribution < -0.4 is 10.6 Å². The Bertz CT molecular complexity index is 248. The molecule has 0 aliphatic rings. The van der Waals surface area contributed by atoms with Gasteiger partial charge in [-0.05, 0) is 26.4 Å². The molecule has 4 nitrogen and oxygen atoms in total. The van der Waals surface area contributed by atoms with E-state index in [1.54, 1.807) is 0 Å². The van der Waals surface area contributed by atoms with E-state index in [9.17, 15) is 4.79 Å². The first kappa shape index (κ1) is 16.0. The Hall–Kier alpha value is -1.05. The molecule has 1 amide bonds. The van der Waals surface area contributed by atoms with Gasteiger partial charge in [0.15, 0.2) is 0 Å². The summed E-state index contributed by atoms with van der Waals surface area (Å²) >= 11 is 0. The fourth-order valence-corrected chi connectivity index (χ4v) is 1.57. The van der Waals surface area contributed by atoms with Crippen LogP contribution in [0.15, 0.2) is 0 Å². The van der Waals surface area contributed by atoms with Crippen molar-refractivity contribution in [1.82, 2.24) is 15.5 Å². The third-order valence-electron chi connectivity index (χ3n) is 2.62. The smallest absolute Gasteiger partial charge is 0.237 e. The van der Waals surface area contributed by atoms with Gasteiger partial charge in [0, 0.05) is 13.1 Å². The molecule has 4 heteroatoms. The summed E-state index contributed by atoms with van der Waals surface area (Å²) in [6.45, 7) is 10.4. The van der Waals surface area contributed by atoms with Gasteiger partial charge in [-0.2, -0.15) is 0 Å². The van der Waals surface area contributed by atoms with E-state index in [1.165, 1.54) is 0 Å². The van der Waals surface area contributed by atoms with Gasteiger partial charge in [-0.3, -0.25) is 4.79 Å². The molecule has 98 valence electrons. The minimum Gasteiger partial charge on any atom is -0.344 e. The topological polar surface area (TPSA) is 44.4 Å². The Morgan fingerprint density at radius 2 is 2.12 bits per heavy atom. The molecule has 1 unspecified atom stereocenters. The van der Waals surface area contributed by atoms with Crippen molar-refractivity contribution in [3.63, 3.8) is 0 Å². The zero-order valence-electron chi connectivity index (χ0n) is 11.3. The molecule has 2 N–H and O–H groups in total. The normalized spacial score (nSPS) is 12.2. The van der Waals surface area contributed by atoms with Gasteiger partial charge in [0.2, 0.25) is 5.91 Å². The highest BCUT2D eigenvalue weighted by Crippen LogP contribution is 1.90. The predicted molar refractivity (Wildman–Crippen MR) is 71.7 cm³/mol. The molecule has 0 saturated heterocycles. The number of nitrogens with zero attached hydrogens (tertiary/aromatic N) is 1. The molecule has 0 rings (SSSR count). The van der Waals surface area contributed by atoms with Crippen molar-refractivity contribution in [3.05, 3.63) is 0 Å². The molecular formula is C13H25N3O. The fourth-order valence-electron chi connectivity index (χ4n) is 1.57. The fraction of sp³-hybridized carbons (Fsp3) is 0.769. The van der Waals surface area contributed by atoms with Gasteiger partial charge in [0.1, 0.15) is 0 Å². The number of likely N-dealkylation sites (N-methyl/N-ethyl adjacent to an activating group) is 1. The monoisotopic (exact) mass is 239 g/mol. The standard InChI is InChI=1S/C13H25N3O/c1-5-8-15-13(17)12(4)14-9-11-16(7-3)10-6-2/h1,12,14H,6-11H2,2-4H3,(H,15,17). The van der Waals surface area contributed by atoms with E-state index in [0.29, 0.717) is 6.54 Å². The van der Waals surface area contributed by atoms with E-state index < -0.39 is 0 Å². The van der Waals surface area contributed by atoms with Crippen LogP contribution in [-0.2, 0) is 4.79 Å². The zero-order chi connectivity index (χ0) is 13.1. The number of rotatable bonds is 9. The maximum absolute atomic E-state index is 11.5. The summed E-state index contributed by atoms with van der Waals surface area (Å²) in [5, 5.41) is 5.85. The number of carbonyl (C=O) groups excluding carboxylic acids is 1. The molecule has 0 aromatic carbocycles. The second-order valence-corrected chi connectivity index (χ2v) is 4.03. The summed E-state index contributed by atoms with van der Waals surface area (Å²) in [4.78, 5) is 13.9. The number of terminal acetylenes is 1. The largest absolute Gasteiger partial charge is 0.344 e. The minimum absolute atomic E-state index is 0.0403. The van der Waals surface area contributed by atoms with E-state index in [0.717, 1.165) is 32.6 Å². The average Bonchev–Trinajstić information content (AvgIpc) is 2.34. The number of carbonyl (C=O) groups is 1. The highest BCUT2D eigenvalue weighted by Gasteiger charge is 2.10. The van der Waals surface area contributed by atoms with Crippen molar-refractivity contribution >= 4 is 5.91 Å². The third-order valence-corrected chi connectivity index (χ3v) is 2.62. The average molecular weight is 239 g/mol. The third kappa shape index (κ3) is 7.78. The Morgan fingerprint density at radius 1 is 1.41 bits per heavy atom. The van der Waals surface area contributed by atoms with Crippen molar-refractivity contribution in [2.75, 3.05) is 32.7 Å². The Balaban J connectivity index is 3.72. The minimum atomic E-state index is -0.191. The van der Waals surface area contributed by atoms with E-state index in [2.05, 4.69) is 35.3 Å². The van der Waals surface area contributed by atoms with Crippen LogP contribution in [-0.4, -0.2) is 49.6 Å². The molecule has 17 heavy (non-hydrogen) atoms. The molecule has 0 aliphatic carbocycles. The highest BCUT2D eigenvalue weighted by molar-refractivity contribution is 5.81. The van der Waals surface area contributed by atoms with E-state index in [1.807, 2.05) is 6.92 Å². The summed E-state index contributed by atoms with van der Waals surface area (Å²) in [6.07, 6.45) is 6.24. The van der Waals surface area contributed by atoms with E-state index >= 15 is 0 Å². The van der Waals surface area contributed by atoms with Gasteiger partial charge in [-0.1, -0.05) is 19.8 Å². The SMILES string of the molecule is C#CCNC(=O)C(C)NCCN(CC)CCC. The summed E-state index contributed by atoms with van der Waals surface area (Å²) in [5.41, 5.74) is 0. The molecular weight excluding hydrogens is 214 g/mol. The lowest BCUT2D eigenvalue weighted by Crippen LogP contribution is -2.45. The molecule has 0 fully saturated rings. The number of amides is 1. The maximum Gasteiger partial charge on any atom is 0.237 e. The van der Waals surface area contributed by atoms with Crippen LogP contribution in [0.5, 0.6) is 0 Å². The zero-order valence-corrected chi connectivity index (χ0v) is 11.3. The second kappa shape index (κ2) is 10.1. The number of nitrogens with one attached hydrogen (secondary N) is 2. The summed E-state index contributed by atoms with van der Waals surface area (Å²) in [7, 11) is 0. The molecule has 0 aromatic heterocycles. The summed E-state index contributed by atoms with van der Waals surface area (Å²) in [6, 6.07) is -0.191. The van der Waals surface area contributed by atoms with Crippen LogP contribution in [0.2, 0.25) is 0 Å². The van der Waals surface area contributed by atoms with Crippen molar-refractivity contribution in [1.29, 1.82) is 0 Å². The lowest BCUT2D eigenvalue weighted by atomic mass is 10.3. The van der Waals surface area contributed by atoms with Gasteiger partial charge < -0.3 is 15.5 Å². The van der Waals surface area contributed by atoms with Crippen LogP contribution in [0.1, 0.15) is 27.2 Å². The second-order valence-electron chi connectivity index (χ2n) is 4.03. The van der Waals surface area contributed by atoms with E-state index in [4.69, 9.17) is 6.42 Å². The number of hydrogen-bond acceptors (Lipinski definition) is 3. The Labute approximate surface area is 105 Å². The van der Waals surface area contributed by atoms with Crippen LogP contribution in [0.3, 0.4) is 0 Å². The molecule has 0 radical (unpaired) electrons. The van der Waals surface area contributed by atoms with Gasteiger partial charge in [0.05, 0.1) is 12.6 Å². The van der Waals surface area contributed by atoms with E-state index in [-0.39, 0.29) is 11.9 Å². The predicted octanol–water partition coefficient (Wildman–Crippen LogP) is 0.446. The molecule has 0 aromatic rings. The van der Waals surface area contributed by atoms with Gasteiger partial charge >= 0.3 is 0 Å². The first-order valence-corrected chi connectivity index (χ1v) is 6.32. The highest BCUT2D eigenvalue weighted by atomic mass is 16.2. The quantitative estimate of drug-likeness (QED) is 0.574. The first-order chi connectivity index (χ1) is 8.15. The lowest BCUT2D eigenvalue weighted by Gasteiger charge is -2.21. The van der Waals surface area contributed by atoms with Crippen LogP contribution >= 0.6 is 0 Å². The van der Waals surface area contributed by atoms with Gasteiger partial charge in [-0.15, -0.1) is 6.42 Å². The van der Waals surface area contributed by atoms with Crippen LogP contribution in [0.4, 0.5) is 0 Å². The van der Waals surface area contributed by atoms with Crippen LogP contribution in [0, 0.1) is 12.3 Å². The molecule has 0 heterocycles. The molecule has 0 saturated carbocycles. The lowest BCUT2D eigenvalue weighted by molar-refractivity contribution is -0.122. The Kier molecular flexibility index (Phi) is 9.50. The number of hydrogen-bond donors (Lipinski definition) is 2. The molecule has 0 bridgehead atoms. The van der Waals surface area contributed by atoms with Crippen molar-refractivity contribution in [2.45, 2.75) is 33.2 Å². The van der Waals surface area contributed by atoms with Crippen molar-refractivity contribution < 1.29 is 4.79 Å². The van der Waals surface area contributed by atoms with Crippen LogP contribution in [0.25, 0.3) is 0 Å². The molecule has 0 aliphatic heterocycles. The molecule has 1 atom stereocenters. The van der Waals surface area contributed by atoms with Crippen molar-refractivity contribution in [2.24, 2.45) is 0 Å². The summed E-state index contributed by atoms with van der Waals surface area (Å²) in [5.74, 6) is 2.35. The van der Waals surface area contributed by atoms with Gasteiger partial charge in [-0.25, -0.2) is 0 Å². The molecule has 0 spiro atoms. The maximum atomic E-state index is 11.5. The van der Waals surface area contributed by atoms with Gasteiger partial charge in [0.25, 0.3) is 0 Å². The Morgan fingerprint density at radius 3 is 2.65 bits per heavy atom. The summed E-state index contributed by atoms with van der Waals surface area (Å²) < 4.78 is 0.